The first kappa shape index (κ1) is 16.2. The number of phenolic OH excluding ortho intramolecular Hbond substituents is 1. The molecule has 0 radical (unpaired) electrons. The van der Waals surface area contributed by atoms with E-state index in [1.165, 1.54) is 48.8 Å². The third kappa shape index (κ3) is 3.42. The SMILES string of the molecule is CCC1CCC(c2ccc(-c3ccc4cc(O)ccc4c3)cc2)CC1. The van der Waals surface area contributed by atoms with E-state index in [4.69, 9.17) is 0 Å². The summed E-state index contributed by atoms with van der Waals surface area (Å²) in [5.41, 5.74) is 4.00. The highest BCUT2D eigenvalue weighted by Gasteiger charge is 2.21. The number of hydrogen-bond donors (Lipinski definition) is 1. The van der Waals surface area contributed by atoms with Crippen molar-refractivity contribution in [2.75, 3.05) is 0 Å². The summed E-state index contributed by atoms with van der Waals surface area (Å²) in [7, 11) is 0. The second-order valence-electron chi connectivity index (χ2n) is 7.49. The molecule has 0 saturated heterocycles. The molecule has 1 heteroatoms. The summed E-state index contributed by atoms with van der Waals surface area (Å²) < 4.78 is 0. The van der Waals surface area contributed by atoms with Gasteiger partial charge in [0.1, 0.15) is 5.75 Å². The quantitative estimate of drug-likeness (QED) is 0.554. The van der Waals surface area contributed by atoms with E-state index in [1.807, 2.05) is 12.1 Å². The minimum Gasteiger partial charge on any atom is -0.508 e. The molecule has 1 aliphatic rings. The summed E-state index contributed by atoms with van der Waals surface area (Å²) in [6.45, 7) is 2.32. The highest BCUT2D eigenvalue weighted by molar-refractivity contribution is 5.88. The van der Waals surface area contributed by atoms with E-state index in [2.05, 4.69) is 49.4 Å². The Kier molecular flexibility index (Phi) is 4.48. The van der Waals surface area contributed by atoms with Crippen LogP contribution in [0, 0.1) is 5.92 Å². The van der Waals surface area contributed by atoms with Gasteiger partial charge >= 0.3 is 0 Å². The van der Waals surface area contributed by atoms with Crippen molar-refractivity contribution in [1.82, 2.24) is 0 Å². The van der Waals surface area contributed by atoms with Crippen molar-refractivity contribution in [3.05, 3.63) is 66.2 Å². The summed E-state index contributed by atoms with van der Waals surface area (Å²) in [5, 5.41) is 11.8. The van der Waals surface area contributed by atoms with Gasteiger partial charge in [0.2, 0.25) is 0 Å². The van der Waals surface area contributed by atoms with E-state index in [1.54, 1.807) is 6.07 Å². The molecule has 25 heavy (non-hydrogen) atoms. The summed E-state index contributed by atoms with van der Waals surface area (Å²) in [5.74, 6) is 2.02. The number of benzene rings is 3. The molecule has 3 aromatic rings. The molecule has 0 atom stereocenters. The van der Waals surface area contributed by atoms with Crippen LogP contribution in [0.25, 0.3) is 21.9 Å². The number of aromatic hydroxyl groups is 1. The molecular weight excluding hydrogens is 304 g/mol. The van der Waals surface area contributed by atoms with Gasteiger partial charge in [-0.25, -0.2) is 0 Å². The molecule has 1 fully saturated rings. The van der Waals surface area contributed by atoms with Crippen molar-refractivity contribution >= 4 is 10.8 Å². The fourth-order valence-corrected chi connectivity index (χ4v) is 4.26. The van der Waals surface area contributed by atoms with Crippen molar-refractivity contribution in [2.24, 2.45) is 5.92 Å². The van der Waals surface area contributed by atoms with Crippen molar-refractivity contribution in [1.29, 1.82) is 0 Å². The lowest BCUT2D eigenvalue weighted by molar-refractivity contribution is 0.319. The highest BCUT2D eigenvalue weighted by atomic mass is 16.3. The molecule has 4 rings (SSSR count). The Labute approximate surface area is 150 Å². The van der Waals surface area contributed by atoms with Crippen LogP contribution in [0.4, 0.5) is 0 Å². The molecule has 0 spiro atoms. The smallest absolute Gasteiger partial charge is 0.116 e. The van der Waals surface area contributed by atoms with Crippen molar-refractivity contribution < 1.29 is 5.11 Å². The number of phenols is 1. The predicted octanol–water partition coefficient (Wildman–Crippen LogP) is 6.90. The van der Waals surface area contributed by atoms with Crippen LogP contribution in [-0.4, -0.2) is 5.11 Å². The lowest BCUT2D eigenvalue weighted by Crippen LogP contribution is -2.12. The Morgan fingerprint density at radius 1 is 0.760 bits per heavy atom. The summed E-state index contributed by atoms with van der Waals surface area (Å²) in [6, 6.07) is 21.2. The maximum atomic E-state index is 9.60. The average Bonchev–Trinajstić information content (AvgIpc) is 2.68. The average molecular weight is 330 g/mol. The van der Waals surface area contributed by atoms with Crippen LogP contribution in [0.1, 0.15) is 50.5 Å². The van der Waals surface area contributed by atoms with Gasteiger partial charge in [0.25, 0.3) is 0 Å². The third-order valence-corrected chi connectivity index (χ3v) is 5.96. The molecule has 0 heterocycles. The minimum atomic E-state index is 0.322. The number of hydrogen-bond acceptors (Lipinski definition) is 1. The molecule has 128 valence electrons. The van der Waals surface area contributed by atoms with Crippen LogP contribution >= 0.6 is 0 Å². The Hall–Kier alpha value is -2.28. The monoisotopic (exact) mass is 330 g/mol. The first-order chi connectivity index (χ1) is 12.2. The van der Waals surface area contributed by atoms with Crippen LogP contribution < -0.4 is 0 Å². The van der Waals surface area contributed by atoms with Crippen molar-refractivity contribution in [3.8, 4) is 16.9 Å². The van der Waals surface area contributed by atoms with Crippen molar-refractivity contribution in [3.63, 3.8) is 0 Å². The molecule has 0 aromatic heterocycles. The van der Waals surface area contributed by atoms with Gasteiger partial charge in [-0.15, -0.1) is 0 Å². The van der Waals surface area contributed by atoms with Gasteiger partial charge in [0, 0.05) is 0 Å². The normalized spacial score (nSPS) is 20.7. The van der Waals surface area contributed by atoms with Gasteiger partial charge in [-0.2, -0.15) is 0 Å². The predicted molar refractivity (Wildman–Crippen MR) is 106 cm³/mol. The summed E-state index contributed by atoms with van der Waals surface area (Å²) in [4.78, 5) is 0. The molecule has 0 amide bonds. The Bertz CT molecular complexity index is 855. The van der Waals surface area contributed by atoms with Crippen LogP contribution in [0.5, 0.6) is 5.75 Å². The second-order valence-corrected chi connectivity index (χ2v) is 7.49. The topological polar surface area (TPSA) is 20.2 Å². The third-order valence-electron chi connectivity index (χ3n) is 5.96. The molecule has 0 unspecified atom stereocenters. The summed E-state index contributed by atoms with van der Waals surface area (Å²) >= 11 is 0. The zero-order valence-electron chi connectivity index (χ0n) is 14.9. The minimum absolute atomic E-state index is 0.322. The zero-order valence-corrected chi connectivity index (χ0v) is 14.9. The molecule has 1 nitrogen and oxygen atoms in total. The molecule has 1 aliphatic carbocycles. The maximum absolute atomic E-state index is 9.60. The molecule has 0 aliphatic heterocycles. The fraction of sp³-hybridized carbons (Fsp3) is 0.333. The van der Waals surface area contributed by atoms with E-state index in [9.17, 15) is 5.11 Å². The number of rotatable bonds is 3. The standard InChI is InChI=1S/C24H26O/c1-2-17-3-5-18(6-4-17)19-7-9-20(10-8-19)21-11-12-23-16-24(25)14-13-22(23)15-21/h7-18,25H,2-6H2,1H3. The fourth-order valence-electron chi connectivity index (χ4n) is 4.26. The molecule has 1 saturated carbocycles. The van der Waals surface area contributed by atoms with Gasteiger partial charge in [-0.3, -0.25) is 0 Å². The van der Waals surface area contributed by atoms with Gasteiger partial charge in [-0.1, -0.05) is 55.8 Å². The van der Waals surface area contributed by atoms with Gasteiger partial charge in [0.15, 0.2) is 0 Å². The Morgan fingerprint density at radius 3 is 2.12 bits per heavy atom. The maximum Gasteiger partial charge on any atom is 0.116 e. The van der Waals surface area contributed by atoms with Crippen LogP contribution in [0.2, 0.25) is 0 Å². The van der Waals surface area contributed by atoms with E-state index >= 15 is 0 Å². The van der Waals surface area contributed by atoms with E-state index in [0.29, 0.717) is 5.75 Å². The van der Waals surface area contributed by atoms with E-state index in [-0.39, 0.29) is 0 Å². The first-order valence-electron chi connectivity index (χ1n) is 9.56. The molecular formula is C24H26O. The van der Waals surface area contributed by atoms with Crippen molar-refractivity contribution in [2.45, 2.75) is 44.9 Å². The van der Waals surface area contributed by atoms with E-state index < -0.39 is 0 Å². The lowest BCUT2D eigenvalue weighted by Gasteiger charge is -2.28. The lowest BCUT2D eigenvalue weighted by atomic mass is 9.77. The highest BCUT2D eigenvalue weighted by Crippen LogP contribution is 2.37. The van der Waals surface area contributed by atoms with Crippen LogP contribution in [-0.2, 0) is 0 Å². The first-order valence-corrected chi connectivity index (χ1v) is 9.56. The second kappa shape index (κ2) is 6.92. The van der Waals surface area contributed by atoms with E-state index in [0.717, 1.165) is 22.6 Å². The van der Waals surface area contributed by atoms with Gasteiger partial charge < -0.3 is 5.11 Å². The molecule has 1 N–H and O–H groups in total. The summed E-state index contributed by atoms with van der Waals surface area (Å²) in [6.07, 6.45) is 6.81. The zero-order chi connectivity index (χ0) is 17.2. The Balaban J connectivity index is 1.55. The largest absolute Gasteiger partial charge is 0.508 e. The van der Waals surface area contributed by atoms with Gasteiger partial charge in [-0.05, 0) is 83.2 Å². The Morgan fingerprint density at radius 2 is 1.40 bits per heavy atom. The molecule has 3 aromatic carbocycles. The van der Waals surface area contributed by atoms with Gasteiger partial charge in [0.05, 0.1) is 0 Å². The number of fused-ring (bicyclic) bond motifs is 1. The molecule has 0 bridgehead atoms. The van der Waals surface area contributed by atoms with Crippen LogP contribution in [0.3, 0.4) is 0 Å². The van der Waals surface area contributed by atoms with Crippen LogP contribution in [0.15, 0.2) is 60.7 Å².